The third kappa shape index (κ3) is 2.82. The quantitative estimate of drug-likeness (QED) is 0.866. The molecule has 0 aliphatic heterocycles. The van der Waals surface area contributed by atoms with E-state index in [4.69, 9.17) is 4.74 Å². The summed E-state index contributed by atoms with van der Waals surface area (Å²) >= 11 is 0. The van der Waals surface area contributed by atoms with Gasteiger partial charge in [-0.1, -0.05) is 13.3 Å². The Kier molecular flexibility index (Phi) is 4.70. The minimum atomic E-state index is -0.961. The first-order valence-electron chi connectivity index (χ1n) is 7.36. The van der Waals surface area contributed by atoms with Gasteiger partial charge in [-0.2, -0.15) is 0 Å². The van der Waals surface area contributed by atoms with E-state index in [0.29, 0.717) is 24.5 Å². The highest BCUT2D eigenvalue weighted by Crippen LogP contribution is 2.40. The number of carboxylic acids is 1. The van der Waals surface area contributed by atoms with Crippen molar-refractivity contribution in [2.24, 2.45) is 0 Å². The molecule has 110 valence electrons. The second-order valence-corrected chi connectivity index (χ2v) is 5.24. The van der Waals surface area contributed by atoms with Crippen LogP contribution in [0.2, 0.25) is 0 Å². The van der Waals surface area contributed by atoms with Crippen LogP contribution in [0, 0.1) is 0 Å². The van der Waals surface area contributed by atoms with Gasteiger partial charge in [0.1, 0.15) is 5.60 Å². The Hall–Kier alpha value is -1.49. The molecule has 1 aliphatic rings. The lowest BCUT2D eigenvalue weighted by Crippen LogP contribution is -2.29. The molecule has 0 bridgehead atoms. The van der Waals surface area contributed by atoms with Gasteiger partial charge in [0, 0.05) is 12.8 Å². The first-order chi connectivity index (χ1) is 9.63. The maximum absolute atomic E-state index is 11.2. The average Bonchev–Trinajstić information content (AvgIpc) is 2.89. The van der Waals surface area contributed by atoms with Crippen molar-refractivity contribution in [2.45, 2.75) is 58.0 Å². The van der Waals surface area contributed by atoms with E-state index >= 15 is 0 Å². The third-order valence-corrected chi connectivity index (χ3v) is 3.82. The summed E-state index contributed by atoms with van der Waals surface area (Å²) in [7, 11) is 0. The highest BCUT2D eigenvalue weighted by atomic mass is 16.5. The van der Waals surface area contributed by atoms with Gasteiger partial charge in [-0.05, 0) is 39.0 Å². The molecule has 0 saturated heterocycles. The molecule has 0 amide bonds. The number of aromatic nitrogens is 2. The summed E-state index contributed by atoms with van der Waals surface area (Å²) in [5.41, 5.74) is 0.421. The number of hydrogen-bond acceptors (Lipinski definition) is 4. The zero-order chi connectivity index (χ0) is 14.6. The Morgan fingerprint density at radius 1 is 1.40 bits per heavy atom. The van der Waals surface area contributed by atoms with E-state index in [-0.39, 0.29) is 5.56 Å². The fourth-order valence-electron chi connectivity index (χ4n) is 2.90. The van der Waals surface area contributed by atoms with Crippen molar-refractivity contribution in [2.75, 3.05) is 6.61 Å². The lowest BCUT2D eigenvalue weighted by atomic mass is 10.00. The number of nitrogens with zero attached hydrogens (tertiary/aromatic N) is 2. The summed E-state index contributed by atoms with van der Waals surface area (Å²) < 4.78 is 5.94. The Morgan fingerprint density at radius 2 is 2.10 bits per heavy atom. The Labute approximate surface area is 119 Å². The van der Waals surface area contributed by atoms with Gasteiger partial charge >= 0.3 is 5.97 Å². The number of carbonyl (C=O) groups is 1. The number of hydrogen-bond donors (Lipinski definition) is 1. The van der Waals surface area contributed by atoms with Crippen LogP contribution in [-0.2, 0) is 16.8 Å². The third-order valence-electron chi connectivity index (χ3n) is 3.82. The van der Waals surface area contributed by atoms with Crippen LogP contribution in [0.5, 0.6) is 0 Å². The Bertz CT molecular complexity index is 482. The van der Waals surface area contributed by atoms with Crippen molar-refractivity contribution < 1.29 is 14.6 Å². The summed E-state index contributed by atoms with van der Waals surface area (Å²) in [5, 5.41) is 9.20. The number of ether oxygens (including phenoxy) is 1. The molecule has 0 atom stereocenters. The summed E-state index contributed by atoms with van der Waals surface area (Å²) in [6, 6.07) is 0. The topological polar surface area (TPSA) is 72.3 Å². The molecular weight excluding hydrogens is 256 g/mol. The highest BCUT2D eigenvalue weighted by molar-refractivity contribution is 5.88. The molecule has 0 aromatic carbocycles. The van der Waals surface area contributed by atoms with Crippen LogP contribution >= 0.6 is 0 Å². The number of aryl methyl sites for hydroxylation is 1. The van der Waals surface area contributed by atoms with Crippen LogP contribution in [0.1, 0.15) is 67.8 Å². The van der Waals surface area contributed by atoms with Gasteiger partial charge in [-0.25, -0.2) is 14.8 Å². The fourth-order valence-corrected chi connectivity index (χ4v) is 2.90. The molecule has 1 fully saturated rings. The van der Waals surface area contributed by atoms with E-state index in [9.17, 15) is 9.90 Å². The van der Waals surface area contributed by atoms with Crippen LogP contribution < -0.4 is 0 Å². The fraction of sp³-hybridized carbons (Fsp3) is 0.667. The molecule has 1 aromatic heterocycles. The second-order valence-electron chi connectivity index (χ2n) is 5.24. The minimum absolute atomic E-state index is 0.209. The number of carboxylic acid groups (broad SMARTS) is 1. The summed E-state index contributed by atoms with van der Waals surface area (Å²) in [6.07, 6.45) is 6.99. The van der Waals surface area contributed by atoms with Gasteiger partial charge in [0.25, 0.3) is 0 Å². The molecule has 1 saturated carbocycles. The average molecular weight is 278 g/mol. The van der Waals surface area contributed by atoms with Gasteiger partial charge < -0.3 is 9.84 Å². The summed E-state index contributed by atoms with van der Waals surface area (Å²) in [4.78, 5) is 20.1. The first-order valence-corrected chi connectivity index (χ1v) is 7.36. The van der Waals surface area contributed by atoms with Gasteiger partial charge in [0.05, 0.1) is 11.3 Å². The van der Waals surface area contributed by atoms with E-state index < -0.39 is 11.6 Å². The molecule has 20 heavy (non-hydrogen) atoms. The van der Waals surface area contributed by atoms with E-state index in [1.54, 1.807) is 0 Å². The Balaban J connectivity index is 2.41. The largest absolute Gasteiger partial charge is 0.478 e. The molecule has 1 N–H and O–H groups in total. The van der Waals surface area contributed by atoms with Crippen molar-refractivity contribution in [3.63, 3.8) is 0 Å². The summed E-state index contributed by atoms with van der Waals surface area (Å²) in [5.74, 6) is -0.304. The van der Waals surface area contributed by atoms with Gasteiger partial charge in [-0.15, -0.1) is 0 Å². The van der Waals surface area contributed by atoms with Crippen LogP contribution in [0.25, 0.3) is 0 Å². The molecule has 0 radical (unpaired) electrons. The normalized spacial score (nSPS) is 17.3. The van der Waals surface area contributed by atoms with E-state index in [1.165, 1.54) is 6.20 Å². The van der Waals surface area contributed by atoms with Crippen molar-refractivity contribution in [1.29, 1.82) is 0 Å². The van der Waals surface area contributed by atoms with Crippen LogP contribution in [0.4, 0.5) is 0 Å². The minimum Gasteiger partial charge on any atom is -0.478 e. The lowest BCUT2D eigenvalue weighted by Gasteiger charge is -2.27. The number of aromatic carboxylic acids is 1. The molecular formula is C15H22N2O3. The van der Waals surface area contributed by atoms with Crippen molar-refractivity contribution in [3.05, 3.63) is 23.3 Å². The molecule has 0 unspecified atom stereocenters. The van der Waals surface area contributed by atoms with Crippen LogP contribution in [-0.4, -0.2) is 27.7 Å². The monoisotopic (exact) mass is 278 g/mol. The van der Waals surface area contributed by atoms with Crippen molar-refractivity contribution in [3.8, 4) is 0 Å². The maximum Gasteiger partial charge on any atom is 0.339 e. The SMILES string of the molecule is CCCc1nc(C2(OCC)CCCC2)ncc1C(=O)O. The highest BCUT2D eigenvalue weighted by Gasteiger charge is 2.39. The van der Waals surface area contributed by atoms with E-state index in [1.807, 2.05) is 13.8 Å². The molecule has 0 spiro atoms. The Morgan fingerprint density at radius 3 is 2.65 bits per heavy atom. The number of rotatable bonds is 6. The van der Waals surface area contributed by atoms with E-state index in [0.717, 1.165) is 32.1 Å². The lowest BCUT2D eigenvalue weighted by molar-refractivity contribution is -0.0459. The molecule has 1 aromatic rings. The zero-order valence-corrected chi connectivity index (χ0v) is 12.2. The molecule has 2 rings (SSSR count). The maximum atomic E-state index is 11.2. The smallest absolute Gasteiger partial charge is 0.339 e. The molecule has 5 nitrogen and oxygen atoms in total. The zero-order valence-electron chi connectivity index (χ0n) is 12.2. The molecule has 1 heterocycles. The molecule has 1 aliphatic carbocycles. The predicted octanol–water partition coefficient (Wildman–Crippen LogP) is 2.93. The van der Waals surface area contributed by atoms with Gasteiger partial charge in [0.2, 0.25) is 0 Å². The second kappa shape index (κ2) is 6.31. The van der Waals surface area contributed by atoms with Crippen molar-refractivity contribution >= 4 is 5.97 Å². The van der Waals surface area contributed by atoms with Crippen molar-refractivity contribution in [1.82, 2.24) is 9.97 Å². The first kappa shape index (κ1) is 14.9. The predicted molar refractivity (Wildman–Crippen MR) is 74.8 cm³/mol. The standard InChI is InChI=1S/C15H22N2O3/c1-3-7-12-11(13(18)19)10-16-14(17-12)15(20-4-2)8-5-6-9-15/h10H,3-9H2,1-2H3,(H,18,19). The van der Waals surface area contributed by atoms with Gasteiger partial charge in [-0.3, -0.25) is 0 Å². The molecule has 5 heteroatoms. The van der Waals surface area contributed by atoms with Gasteiger partial charge in [0.15, 0.2) is 5.82 Å². The van der Waals surface area contributed by atoms with Crippen LogP contribution in [0.3, 0.4) is 0 Å². The van der Waals surface area contributed by atoms with Crippen LogP contribution in [0.15, 0.2) is 6.20 Å². The summed E-state index contributed by atoms with van der Waals surface area (Å²) in [6.45, 7) is 4.60. The van der Waals surface area contributed by atoms with E-state index in [2.05, 4.69) is 9.97 Å².